The number of halogens is 1. The van der Waals surface area contributed by atoms with Crippen LogP contribution in [0.2, 0.25) is 5.02 Å². The average molecular weight is 439 g/mol. The van der Waals surface area contributed by atoms with E-state index in [1.165, 1.54) is 0 Å². The molecule has 3 aromatic rings. The Kier molecular flexibility index (Phi) is 7.50. The van der Waals surface area contributed by atoms with Gasteiger partial charge in [-0.1, -0.05) is 11.6 Å². The van der Waals surface area contributed by atoms with E-state index in [9.17, 15) is 4.79 Å². The van der Waals surface area contributed by atoms with Gasteiger partial charge < -0.3 is 20.3 Å². The molecule has 0 aliphatic carbocycles. The van der Waals surface area contributed by atoms with Gasteiger partial charge in [0.2, 0.25) is 0 Å². The molecule has 2 N–H and O–H groups in total. The zero-order valence-electron chi connectivity index (χ0n) is 18.0. The lowest BCUT2D eigenvalue weighted by molar-refractivity contribution is 0.103. The van der Waals surface area contributed by atoms with E-state index in [4.69, 9.17) is 22.1 Å². The summed E-state index contributed by atoms with van der Waals surface area (Å²) in [7, 11) is 5.66. The molecule has 0 saturated carbocycles. The molecule has 0 unspecified atom stereocenters. The first-order valence-corrected chi connectivity index (χ1v) is 10.4. The summed E-state index contributed by atoms with van der Waals surface area (Å²) in [6.45, 7) is 1.52. The fourth-order valence-electron chi connectivity index (χ4n) is 3.33. The van der Waals surface area contributed by atoms with Crippen LogP contribution in [0.5, 0.6) is 5.75 Å². The minimum atomic E-state index is -0.110. The van der Waals surface area contributed by atoms with E-state index >= 15 is 0 Å². The van der Waals surface area contributed by atoms with E-state index in [0.717, 1.165) is 13.0 Å². The molecule has 31 heavy (non-hydrogen) atoms. The third kappa shape index (κ3) is 5.54. The van der Waals surface area contributed by atoms with Gasteiger partial charge in [-0.2, -0.15) is 0 Å². The van der Waals surface area contributed by atoms with Crippen molar-refractivity contribution in [2.75, 3.05) is 44.9 Å². The number of methoxy groups -OCH3 is 1. The van der Waals surface area contributed by atoms with E-state index in [0.29, 0.717) is 45.6 Å². The number of benzene rings is 2. The van der Waals surface area contributed by atoms with Crippen LogP contribution in [0.3, 0.4) is 0 Å². The lowest BCUT2D eigenvalue weighted by atomic mass is 10.0. The highest BCUT2D eigenvalue weighted by molar-refractivity contribution is 6.30. The maximum Gasteiger partial charge on any atom is 0.195 e. The van der Waals surface area contributed by atoms with E-state index in [2.05, 4.69) is 9.88 Å². The first kappa shape index (κ1) is 22.6. The fraction of sp³-hybridized carbons (Fsp3) is 0.250. The molecule has 0 saturated heterocycles. The Balaban J connectivity index is 2.10. The van der Waals surface area contributed by atoms with Crippen LogP contribution in [0.4, 0.5) is 17.2 Å². The molecule has 0 atom stereocenters. The number of anilines is 3. The summed E-state index contributed by atoms with van der Waals surface area (Å²) in [6, 6.07) is 15.9. The number of carbonyl (C=O) groups excluding carboxylic acids is 1. The van der Waals surface area contributed by atoms with Crippen molar-refractivity contribution < 1.29 is 9.53 Å². The molecule has 3 rings (SSSR count). The van der Waals surface area contributed by atoms with Gasteiger partial charge in [0, 0.05) is 35.0 Å². The minimum Gasteiger partial charge on any atom is -0.497 e. The number of carbonyl (C=O) groups is 1. The molecule has 0 amide bonds. The van der Waals surface area contributed by atoms with Crippen LogP contribution in [0, 0.1) is 0 Å². The number of pyridine rings is 1. The predicted octanol–water partition coefficient (Wildman–Crippen LogP) is 4.65. The Morgan fingerprint density at radius 1 is 1.10 bits per heavy atom. The molecule has 1 aromatic heterocycles. The first-order valence-electron chi connectivity index (χ1n) is 10.0. The van der Waals surface area contributed by atoms with Crippen LogP contribution in [0.15, 0.2) is 60.8 Å². The molecule has 0 bridgehead atoms. The molecule has 0 fully saturated rings. The maximum absolute atomic E-state index is 13.4. The molecule has 2 aromatic carbocycles. The van der Waals surface area contributed by atoms with Crippen molar-refractivity contribution in [1.82, 2.24) is 9.88 Å². The average Bonchev–Trinajstić information content (AvgIpc) is 2.77. The maximum atomic E-state index is 13.4. The van der Waals surface area contributed by atoms with Crippen LogP contribution < -0.4 is 15.4 Å². The standard InChI is InChI=1S/C24H27ClN4O2/c1-28(2)14-5-15-29(24-21(26)6-4-13-27-24)22-16-19(31-3)11-12-20(22)23(30)17-7-9-18(25)10-8-17/h4,6-13,16H,5,14-15,26H2,1-3H3. The highest BCUT2D eigenvalue weighted by Gasteiger charge is 2.22. The number of nitrogens with two attached hydrogens (primary N) is 1. The highest BCUT2D eigenvalue weighted by Crippen LogP contribution is 2.35. The van der Waals surface area contributed by atoms with Gasteiger partial charge in [-0.15, -0.1) is 0 Å². The SMILES string of the molecule is COc1ccc(C(=O)c2ccc(Cl)cc2)c(N(CCCN(C)C)c2ncccc2N)c1. The minimum absolute atomic E-state index is 0.110. The predicted molar refractivity (Wildman–Crippen MR) is 127 cm³/mol. The van der Waals surface area contributed by atoms with Gasteiger partial charge in [0.25, 0.3) is 0 Å². The number of hydrogen-bond acceptors (Lipinski definition) is 6. The summed E-state index contributed by atoms with van der Waals surface area (Å²) >= 11 is 6.00. The zero-order valence-corrected chi connectivity index (χ0v) is 18.8. The Morgan fingerprint density at radius 2 is 1.84 bits per heavy atom. The van der Waals surface area contributed by atoms with Crippen molar-refractivity contribution in [3.63, 3.8) is 0 Å². The molecular weight excluding hydrogens is 412 g/mol. The molecule has 6 nitrogen and oxygen atoms in total. The van der Waals surface area contributed by atoms with Crippen LogP contribution in [-0.4, -0.2) is 50.0 Å². The van der Waals surface area contributed by atoms with Gasteiger partial charge in [0.1, 0.15) is 5.75 Å². The van der Waals surface area contributed by atoms with Gasteiger partial charge in [0.05, 0.1) is 18.5 Å². The third-order valence-corrected chi connectivity index (χ3v) is 5.16. The molecule has 0 aliphatic heterocycles. The lowest BCUT2D eigenvalue weighted by Gasteiger charge is -2.28. The van der Waals surface area contributed by atoms with E-state index in [-0.39, 0.29) is 5.78 Å². The topological polar surface area (TPSA) is 71.7 Å². The second kappa shape index (κ2) is 10.3. The number of ketones is 1. The Labute approximate surface area is 188 Å². The lowest BCUT2D eigenvalue weighted by Crippen LogP contribution is -2.26. The van der Waals surface area contributed by atoms with E-state index < -0.39 is 0 Å². The second-order valence-electron chi connectivity index (χ2n) is 7.44. The van der Waals surface area contributed by atoms with Gasteiger partial charge in [-0.05, 0) is 75.6 Å². The first-order chi connectivity index (χ1) is 14.9. The molecule has 162 valence electrons. The normalized spacial score (nSPS) is 10.9. The Hall–Kier alpha value is -3.09. The monoisotopic (exact) mass is 438 g/mol. The fourth-order valence-corrected chi connectivity index (χ4v) is 3.46. The number of nitrogens with zero attached hydrogens (tertiary/aromatic N) is 3. The van der Waals surface area contributed by atoms with Gasteiger partial charge in [-0.25, -0.2) is 4.98 Å². The quantitative estimate of drug-likeness (QED) is 0.490. The largest absolute Gasteiger partial charge is 0.497 e. The van der Waals surface area contributed by atoms with Crippen LogP contribution in [0.1, 0.15) is 22.3 Å². The number of nitrogen functional groups attached to an aromatic ring is 1. The van der Waals surface area contributed by atoms with Gasteiger partial charge >= 0.3 is 0 Å². The van der Waals surface area contributed by atoms with Gasteiger partial charge in [0.15, 0.2) is 11.6 Å². The Morgan fingerprint density at radius 3 is 2.48 bits per heavy atom. The molecule has 0 spiro atoms. The zero-order chi connectivity index (χ0) is 22.4. The van der Waals surface area contributed by atoms with Crippen molar-refractivity contribution in [2.45, 2.75) is 6.42 Å². The van der Waals surface area contributed by atoms with Crippen LogP contribution >= 0.6 is 11.6 Å². The number of rotatable bonds is 9. The van der Waals surface area contributed by atoms with Crippen molar-refractivity contribution in [3.8, 4) is 5.75 Å². The molecule has 7 heteroatoms. The molecule has 0 aliphatic rings. The Bertz CT molecular complexity index is 1040. The van der Waals surface area contributed by atoms with Crippen LogP contribution in [0.25, 0.3) is 0 Å². The van der Waals surface area contributed by atoms with Crippen molar-refractivity contribution in [1.29, 1.82) is 0 Å². The number of aromatic nitrogens is 1. The summed E-state index contributed by atoms with van der Waals surface area (Å²) in [5.41, 5.74) is 8.60. The smallest absolute Gasteiger partial charge is 0.195 e. The number of hydrogen-bond donors (Lipinski definition) is 1. The summed E-state index contributed by atoms with van der Waals surface area (Å²) in [4.78, 5) is 22.0. The molecule has 1 heterocycles. The summed E-state index contributed by atoms with van der Waals surface area (Å²) in [5.74, 6) is 1.15. The second-order valence-corrected chi connectivity index (χ2v) is 7.88. The van der Waals surface area contributed by atoms with Crippen molar-refractivity contribution >= 4 is 34.6 Å². The van der Waals surface area contributed by atoms with Crippen molar-refractivity contribution in [3.05, 3.63) is 76.9 Å². The third-order valence-electron chi connectivity index (χ3n) is 4.91. The molecular formula is C24H27ClN4O2. The number of ether oxygens (including phenoxy) is 1. The van der Waals surface area contributed by atoms with Crippen molar-refractivity contribution in [2.24, 2.45) is 0 Å². The summed E-state index contributed by atoms with van der Waals surface area (Å²) in [6.07, 6.45) is 2.56. The van der Waals surface area contributed by atoms with E-state index in [1.54, 1.807) is 55.8 Å². The van der Waals surface area contributed by atoms with Gasteiger partial charge in [-0.3, -0.25) is 4.79 Å². The highest BCUT2D eigenvalue weighted by atomic mass is 35.5. The summed E-state index contributed by atoms with van der Waals surface area (Å²) in [5, 5.41) is 0.582. The van der Waals surface area contributed by atoms with Crippen LogP contribution in [-0.2, 0) is 0 Å². The summed E-state index contributed by atoms with van der Waals surface area (Å²) < 4.78 is 5.45. The molecule has 0 radical (unpaired) electrons. The van der Waals surface area contributed by atoms with E-state index in [1.807, 2.05) is 31.1 Å².